The molecule has 0 aromatic heterocycles. The zero-order valence-corrected chi connectivity index (χ0v) is 15.2. The van der Waals surface area contributed by atoms with Crippen LogP contribution in [0.4, 0.5) is 0 Å². The van der Waals surface area contributed by atoms with Gasteiger partial charge >= 0.3 is 5.97 Å². The summed E-state index contributed by atoms with van der Waals surface area (Å²) in [6, 6.07) is 14.6. The Kier molecular flexibility index (Phi) is 4.43. The molecule has 7 heteroatoms. The van der Waals surface area contributed by atoms with Gasteiger partial charge in [-0.1, -0.05) is 49.4 Å². The van der Waals surface area contributed by atoms with Crippen molar-refractivity contribution in [3.8, 4) is 0 Å². The predicted octanol–water partition coefficient (Wildman–Crippen LogP) is 1.80. The average Bonchev–Trinajstić information content (AvgIpc) is 3.26. The molecule has 4 rings (SSSR count). The van der Waals surface area contributed by atoms with E-state index in [0.717, 1.165) is 10.5 Å². The molecule has 1 saturated heterocycles. The monoisotopic (exact) mass is 378 g/mol. The highest BCUT2D eigenvalue weighted by molar-refractivity contribution is 6.23. The number of amides is 3. The smallest absolute Gasteiger partial charge is 0.327 e. The fourth-order valence-electron chi connectivity index (χ4n) is 3.67. The Bertz CT molecular complexity index is 937. The summed E-state index contributed by atoms with van der Waals surface area (Å²) in [4.78, 5) is 53.0. The minimum atomic E-state index is -1.08. The van der Waals surface area contributed by atoms with Crippen molar-refractivity contribution in [2.24, 2.45) is 0 Å². The fourth-order valence-corrected chi connectivity index (χ4v) is 3.67. The Morgan fingerprint density at radius 1 is 0.929 bits per heavy atom. The third kappa shape index (κ3) is 2.85. The predicted molar refractivity (Wildman–Crippen MR) is 98.3 cm³/mol. The normalized spacial score (nSPS) is 18.1. The lowest BCUT2D eigenvalue weighted by Gasteiger charge is -2.32. The molecule has 28 heavy (non-hydrogen) atoms. The maximum atomic E-state index is 13.3. The Morgan fingerprint density at radius 2 is 1.50 bits per heavy atom. The van der Waals surface area contributed by atoms with Gasteiger partial charge in [0.15, 0.2) is 6.73 Å². The molecule has 2 unspecified atom stereocenters. The summed E-state index contributed by atoms with van der Waals surface area (Å²) in [5.41, 5.74) is 1.36. The first-order chi connectivity index (χ1) is 13.5. The number of benzene rings is 2. The molecular formula is C21H18N2O5. The lowest BCUT2D eigenvalue weighted by Crippen LogP contribution is -2.53. The third-order valence-corrected chi connectivity index (χ3v) is 5.17. The van der Waals surface area contributed by atoms with Crippen LogP contribution in [0.5, 0.6) is 0 Å². The van der Waals surface area contributed by atoms with E-state index in [2.05, 4.69) is 0 Å². The highest BCUT2D eigenvalue weighted by atomic mass is 16.6. The van der Waals surface area contributed by atoms with Crippen LogP contribution in [0.3, 0.4) is 0 Å². The number of esters is 1. The maximum Gasteiger partial charge on any atom is 0.327 e. The molecule has 2 aliphatic rings. The summed E-state index contributed by atoms with van der Waals surface area (Å²) in [5, 5.41) is 0. The molecule has 0 radical (unpaired) electrons. The largest absolute Gasteiger partial charge is 0.443 e. The molecule has 2 aromatic rings. The van der Waals surface area contributed by atoms with E-state index in [4.69, 9.17) is 4.74 Å². The van der Waals surface area contributed by atoms with Gasteiger partial charge in [0.2, 0.25) is 5.91 Å². The van der Waals surface area contributed by atoms with Crippen molar-refractivity contribution >= 4 is 23.7 Å². The van der Waals surface area contributed by atoms with E-state index in [9.17, 15) is 19.2 Å². The molecule has 1 fully saturated rings. The second-order valence-electron chi connectivity index (χ2n) is 6.85. The van der Waals surface area contributed by atoms with Crippen molar-refractivity contribution in [3.05, 3.63) is 71.3 Å². The Labute approximate surface area is 161 Å². The molecule has 0 saturated carbocycles. The Balaban J connectivity index is 1.75. The maximum absolute atomic E-state index is 13.3. The average molecular weight is 378 g/mol. The highest BCUT2D eigenvalue weighted by Crippen LogP contribution is 2.32. The molecule has 7 nitrogen and oxygen atoms in total. The van der Waals surface area contributed by atoms with Crippen LogP contribution in [0.15, 0.2) is 54.6 Å². The number of ether oxygens (including phenoxy) is 1. The van der Waals surface area contributed by atoms with Crippen LogP contribution in [-0.4, -0.2) is 52.8 Å². The number of hydrogen-bond donors (Lipinski definition) is 0. The van der Waals surface area contributed by atoms with Crippen molar-refractivity contribution in [1.82, 2.24) is 9.80 Å². The number of imide groups is 1. The second kappa shape index (κ2) is 6.92. The molecule has 0 bridgehead atoms. The number of carbonyl (C=O) groups is 4. The topological polar surface area (TPSA) is 84.0 Å². The van der Waals surface area contributed by atoms with Gasteiger partial charge in [-0.3, -0.25) is 29.0 Å². The van der Waals surface area contributed by atoms with Gasteiger partial charge in [-0.15, -0.1) is 0 Å². The third-order valence-electron chi connectivity index (χ3n) is 5.17. The lowest BCUT2D eigenvalue weighted by molar-refractivity contribution is -0.137. The molecule has 2 atom stereocenters. The van der Waals surface area contributed by atoms with E-state index in [1.165, 1.54) is 4.90 Å². The van der Waals surface area contributed by atoms with Crippen molar-refractivity contribution in [2.45, 2.75) is 18.9 Å². The number of fused-ring (bicyclic) bond motifs is 1. The van der Waals surface area contributed by atoms with E-state index >= 15 is 0 Å². The van der Waals surface area contributed by atoms with Crippen molar-refractivity contribution in [2.75, 3.05) is 13.3 Å². The van der Waals surface area contributed by atoms with Gasteiger partial charge < -0.3 is 4.74 Å². The molecule has 2 aromatic carbocycles. The van der Waals surface area contributed by atoms with Crippen LogP contribution in [0.25, 0.3) is 0 Å². The second-order valence-corrected chi connectivity index (χ2v) is 6.85. The minimum Gasteiger partial charge on any atom is -0.443 e. The molecule has 2 heterocycles. The summed E-state index contributed by atoms with van der Waals surface area (Å²) in [7, 11) is 0. The van der Waals surface area contributed by atoms with Gasteiger partial charge in [-0.05, 0) is 17.7 Å². The summed E-state index contributed by atoms with van der Waals surface area (Å²) >= 11 is 0. The van der Waals surface area contributed by atoms with E-state index in [-0.39, 0.29) is 24.4 Å². The van der Waals surface area contributed by atoms with Crippen LogP contribution in [0, 0.1) is 0 Å². The van der Waals surface area contributed by atoms with E-state index < -0.39 is 35.7 Å². The fraction of sp³-hybridized carbons (Fsp3) is 0.238. The summed E-state index contributed by atoms with van der Waals surface area (Å²) in [6.45, 7) is 1.42. The molecule has 2 aliphatic heterocycles. The standard InChI is InChI=1S/C21H18N2O5/c1-13(14-7-3-2-4-8-14)18(21(27)22-11-17(24)28-12-22)23-19(25)15-9-5-6-10-16(15)20(23)26/h2-10,13,18H,11-12H2,1H3. The molecular weight excluding hydrogens is 360 g/mol. The van der Waals surface area contributed by atoms with Crippen LogP contribution in [0.2, 0.25) is 0 Å². The SMILES string of the molecule is CC(c1ccccc1)C(C(=O)N1COC(=O)C1)N1C(=O)c2ccccc2C1=O. The number of carbonyl (C=O) groups excluding carboxylic acids is 4. The Morgan fingerprint density at radius 3 is 2.04 bits per heavy atom. The van der Waals surface area contributed by atoms with Gasteiger partial charge in [-0.2, -0.15) is 0 Å². The zero-order valence-electron chi connectivity index (χ0n) is 15.2. The van der Waals surface area contributed by atoms with E-state index in [1.807, 2.05) is 30.3 Å². The number of nitrogens with zero attached hydrogens (tertiary/aromatic N) is 2. The van der Waals surface area contributed by atoms with Crippen LogP contribution in [0.1, 0.15) is 39.1 Å². The van der Waals surface area contributed by atoms with Gasteiger partial charge in [0.1, 0.15) is 12.6 Å². The quantitative estimate of drug-likeness (QED) is 0.598. The number of rotatable bonds is 4. The highest BCUT2D eigenvalue weighted by Gasteiger charge is 2.47. The van der Waals surface area contributed by atoms with Crippen molar-refractivity contribution in [3.63, 3.8) is 0 Å². The molecule has 142 valence electrons. The van der Waals surface area contributed by atoms with E-state index in [1.54, 1.807) is 31.2 Å². The van der Waals surface area contributed by atoms with Crippen LogP contribution < -0.4 is 0 Å². The molecule has 0 spiro atoms. The first kappa shape index (κ1) is 17.9. The summed E-state index contributed by atoms with van der Waals surface area (Å²) in [6.07, 6.45) is 0. The zero-order chi connectivity index (χ0) is 19.8. The van der Waals surface area contributed by atoms with Crippen LogP contribution >= 0.6 is 0 Å². The van der Waals surface area contributed by atoms with Crippen LogP contribution in [-0.2, 0) is 14.3 Å². The summed E-state index contributed by atoms with van der Waals surface area (Å²) in [5.74, 6) is -2.48. The first-order valence-electron chi connectivity index (χ1n) is 8.95. The van der Waals surface area contributed by atoms with Gasteiger partial charge in [0.25, 0.3) is 11.8 Å². The van der Waals surface area contributed by atoms with E-state index in [0.29, 0.717) is 0 Å². The summed E-state index contributed by atoms with van der Waals surface area (Å²) < 4.78 is 4.88. The number of hydrogen-bond acceptors (Lipinski definition) is 5. The van der Waals surface area contributed by atoms with Gasteiger partial charge in [0, 0.05) is 5.92 Å². The molecule has 0 aliphatic carbocycles. The Hall–Kier alpha value is -3.48. The number of cyclic esters (lactones) is 1. The van der Waals surface area contributed by atoms with Crippen molar-refractivity contribution in [1.29, 1.82) is 0 Å². The molecule has 0 N–H and O–H groups in total. The van der Waals surface area contributed by atoms with Crippen molar-refractivity contribution < 1.29 is 23.9 Å². The lowest BCUT2D eigenvalue weighted by atomic mass is 9.91. The first-order valence-corrected chi connectivity index (χ1v) is 8.95. The molecule has 3 amide bonds. The van der Waals surface area contributed by atoms with Gasteiger partial charge in [-0.25, -0.2) is 0 Å². The van der Waals surface area contributed by atoms with Gasteiger partial charge in [0.05, 0.1) is 11.1 Å². The minimum absolute atomic E-state index is 0.182.